The second-order valence-electron chi connectivity index (χ2n) is 7.20. The summed E-state index contributed by atoms with van der Waals surface area (Å²) in [4.78, 5) is 8.94. The highest BCUT2D eigenvalue weighted by molar-refractivity contribution is 7.92. The number of anilines is 2. The predicted octanol–water partition coefficient (Wildman–Crippen LogP) is 4.01. The average Bonchev–Trinajstić information content (AvgIpc) is 3.30. The molecule has 31 heavy (non-hydrogen) atoms. The molecule has 3 aromatic rings. The Hall–Kier alpha value is -2.69. The fourth-order valence-electron chi connectivity index (χ4n) is 3.65. The van der Waals surface area contributed by atoms with Crippen molar-refractivity contribution in [3.05, 3.63) is 70.2 Å². The van der Waals surface area contributed by atoms with Crippen LogP contribution < -0.4 is 19.7 Å². The third-order valence-electron chi connectivity index (χ3n) is 4.91. The Morgan fingerprint density at radius 2 is 2.03 bits per heavy atom. The molecule has 1 fully saturated rings. The maximum atomic E-state index is 11.7. The number of nitrogens with zero attached hydrogens (tertiary/aromatic N) is 2. The predicted molar refractivity (Wildman–Crippen MR) is 128 cm³/mol. The number of ether oxygens (including phenoxy) is 1. The van der Waals surface area contributed by atoms with Crippen LogP contribution in [-0.2, 0) is 10.0 Å². The number of methoxy groups -OCH3 is 1. The first-order valence-corrected chi connectivity index (χ1v) is 12.6. The van der Waals surface area contributed by atoms with Crippen LogP contribution in [0.4, 0.5) is 11.4 Å². The molecule has 0 radical (unpaired) electrons. The van der Waals surface area contributed by atoms with Crippen molar-refractivity contribution in [2.75, 3.05) is 23.0 Å². The van der Waals surface area contributed by atoms with Crippen LogP contribution in [0.3, 0.4) is 0 Å². The lowest BCUT2D eigenvalue weighted by atomic mass is 10.0. The maximum absolute atomic E-state index is 11.7. The first-order valence-electron chi connectivity index (χ1n) is 9.49. The van der Waals surface area contributed by atoms with Crippen LogP contribution in [0.15, 0.2) is 54.7 Å². The molecule has 2 atom stereocenters. The fraction of sp³-hybridized carbons (Fsp3) is 0.238. The van der Waals surface area contributed by atoms with Crippen LogP contribution >= 0.6 is 23.6 Å². The van der Waals surface area contributed by atoms with E-state index in [1.807, 2.05) is 29.2 Å². The Morgan fingerprint density at radius 1 is 1.23 bits per heavy atom. The summed E-state index contributed by atoms with van der Waals surface area (Å²) in [5.74, 6) is 0.410. The van der Waals surface area contributed by atoms with Crippen molar-refractivity contribution in [3.8, 4) is 5.75 Å². The zero-order valence-corrected chi connectivity index (χ0v) is 19.6. The summed E-state index contributed by atoms with van der Waals surface area (Å²) >= 11 is 7.44. The second kappa shape index (κ2) is 8.45. The van der Waals surface area contributed by atoms with Crippen LogP contribution in [0, 0.1) is 6.92 Å². The summed E-state index contributed by atoms with van der Waals surface area (Å²) in [5, 5.41) is 3.98. The van der Waals surface area contributed by atoms with Crippen LogP contribution in [0.25, 0.3) is 0 Å². The summed E-state index contributed by atoms with van der Waals surface area (Å²) in [6, 6.07) is 15.1. The van der Waals surface area contributed by atoms with Gasteiger partial charge in [0, 0.05) is 27.7 Å². The van der Waals surface area contributed by atoms with E-state index in [2.05, 4.69) is 34.1 Å². The summed E-state index contributed by atoms with van der Waals surface area (Å²) in [6.45, 7) is 2.07. The molecule has 0 aliphatic carbocycles. The van der Waals surface area contributed by atoms with Crippen molar-refractivity contribution in [1.82, 2.24) is 10.3 Å². The monoisotopic (exact) mass is 474 g/mol. The van der Waals surface area contributed by atoms with E-state index in [4.69, 9.17) is 17.0 Å². The molecule has 2 unspecified atom stereocenters. The minimum atomic E-state index is -3.44. The summed E-state index contributed by atoms with van der Waals surface area (Å²) in [6.07, 6.45) is 2.88. The van der Waals surface area contributed by atoms with Crippen molar-refractivity contribution >= 4 is 50.1 Å². The number of aryl methyl sites for hydroxylation is 1. The van der Waals surface area contributed by atoms with E-state index in [1.165, 1.54) is 12.0 Å². The van der Waals surface area contributed by atoms with Gasteiger partial charge < -0.3 is 15.0 Å². The van der Waals surface area contributed by atoms with Gasteiger partial charge in [0.1, 0.15) is 5.75 Å². The molecule has 2 N–H and O–H groups in total. The molecule has 7 nitrogen and oxygen atoms in total. The molecule has 1 saturated heterocycles. The zero-order valence-electron chi connectivity index (χ0n) is 17.2. The largest absolute Gasteiger partial charge is 0.494 e. The van der Waals surface area contributed by atoms with Crippen molar-refractivity contribution in [3.63, 3.8) is 0 Å². The van der Waals surface area contributed by atoms with E-state index in [1.54, 1.807) is 29.7 Å². The van der Waals surface area contributed by atoms with Crippen LogP contribution in [0.1, 0.15) is 27.5 Å². The van der Waals surface area contributed by atoms with Gasteiger partial charge in [-0.3, -0.25) is 9.71 Å². The Bertz CT molecular complexity index is 1210. The number of pyridine rings is 1. The third-order valence-corrected chi connectivity index (χ3v) is 6.89. The van der Waals surface area contributed by atoms with Crippen molar-refractivity contribution in [2.24, 2.45) is 0 Å². The average molecular weight is 475 g/mol. The second-order valence-corrected chi connectivity index (χ2v) is 10.7. The molecular weight excluding hydrogens is 452 g/mol. The minimum Gasteiger partial charge on any atom is -0.494 e. The topological polar surface area (TPSA) is 83.6 Å². The molecule has 1 aliphatic heterocycles. The SMILES string of the molecule is COc1cc(N2C(=S)NC(c3ccccn3)C2c2ccc(C)s2)ccc1NS(C)(=O)=O. The molecule has 10 heteroatoms. The lowest BCUT2D eigenvalue weighted by Gasteiger charge is -2.27. The standard InChI is InChI=1S/C21H22N4O3S3/c1-13-7-10-18(30-13)20-19(16-6-4-5-11-22-16)23-21(29)25(20)14-8-9-15(17(12-14)28-2)24-31(3,26)27/h4-12,19-20,24H,1-3H3,(H,23,29). The van der Waals surface area contributed by atoms with Gasteiger partial charge >= 0.3 is 0 Å². The zero-order chi connectivity index (χ0) is 22.2. The minimum absolute atomic E-state index is 0.112. The molecule has 4 rings (SSSR count). The van der Waals surface area contributed by atoms with Gasteiger partial charge in [0.25, 0.3) is 0 Å². The van der Waals surface area contributed by atoms with E-state index in [9.17, 15) is 8.42 Å². The first kappa shape index (κ1) is 21.5. The Kier molecular flexibility index (Phi) is 5.87. The van der Waals surface area contributed by atoms with Gasteiger partial charge in [-0.2, -0.15) is 0 Å². The number of sulfonamides is 1. The van der Waals surface area contributed by atoms with Crippen LogP contribution in [0.2, 0.25) is 0 Å². The molecule has 0 amide bonds. The molecule has 162 valence electrons. The molecule has 0 spiro atoms. The molecule has 2 aromatic heterocycles. The van der Waals surface area contributed by atoms with Crippen molar-refractivity contribution < 1.29 is 13.2 Å². The quantitative estimate of drug-likeness (QED) is 0.522. The highest BCUT2D eigenvalue weighted by Crippen LogP contribution is 2.45. The number of aromatic nitrogens is 1. The summed E-state index contributed by atoms with van der Waals surface area (Å²) in [5.41, 5.74) is 2.06. The number of thiophene rings is 1. The molecule has 1 aromatic carbocycles. The van der Waals surface area contributed by atoms with Crippen LogP contribution in [0.5, 0.6) is 5.75 Å². The number of benzene rings is 1. The molecular formula is C21H22N4O3S3. The van der Waals surface area contributed by atoms with E-state index in [0.717, 1.165) is 22.5 Å². The van der Waals surface area contributed by atoms with Gasteiger partial charge in [0.05, 0.1) is 36.8 Å². The molecule has 0 saturated carbocycles. The number of thiocarbonyl (C=S) groups is 1. The number of hydrogen-bond acceptors (Lipinski definition) is 6. The van der Waals surface area contributed by atoms with E-state index >= 15 is 0 Å². The van der Waals surface area contributed by atoms with Crippen molar-refractivity contribution in [2.45, 2.75) is 19.0 Å². The maximum Gasteiger partial charge on any atom is 0.229 e. The normalized spacial score (nSPS) is 18.7. The summed E-state index contributed by atoms with van der Waals surface area (Å²) in [7, 11) is -1.93. The van der Waals surface area contributed by atoms with Gasteiger partial charge in [-0.05, 0) is 55.5 Å². The Balaban J connectivity index is 1.79. The molecule has 1 aliphatic rings. The fourth-order valence-corrected chi connectivity index (χ4v) is 5.57. The lowest BCUT2D eigenvalue weighted by Crippen LogP contribution is -2.29. The van der Waals surface area contributed by atoms with Crippen molar-refractivity contribution in [1.29, 1.82) is 0 Å². The van der Waals surface area contributed by atoms with E-state index in [-0.39, 0.29) is 12.1 Å². The van der Waals surface area contributed by atoms with Gasteiger partial charge in [0.15, 0.2) is 5.11 Å². The molecule has 0 bridgehead atoms. The smallest absolute Gasteiger partial charge is 0.229 e. The number of rotatable bonds is 6. The third kappa shape index (κ3) is 4.51. The van der Waals surface area contributed by atoms with Gasteiger partial charge in [-0.25, -0.2) is 8.42 Å². The van der Waals surface area contributed by atoms with Gasteiger partial charge in [0.2, 0.25) is 10.0 Å². The van der Waals surface area contributed by atoms with E-state index < -0.39 is 10.0 Å². The first-order chi connectivity index (χ1) is 14.8. The van der Waals surface area contributed by atoms with E-state index in [0.29, 0.717) is 16.5 Å². The number of hydrogen-bond donors (Lipinski definition) is 2. The molecule has 3 heterocycles. The highest BCUT2D eigenvalue weighted by Gasteiger charge is 2.41. The Morgan fingerprint density at radius 3 is 2.65 bits per heavy atom. The Labute approximate surface area is 191 Å². The van der Waals surface area contributed by atoms with Crippen LogP contribution in [-0.4, -0.2) is 31.9 Å². The van der Waals surface area contributed by atoms with Gasteiger partial charge in [-0.1, -0.05) is 6.07 Å². The highest BCUT2D eigenvalue weighted by atomic mass is 32.2. The van der Waals surface area contributed by atoms with Gasteiger partial charge in [-0.15, -0.1) is 11.3 Å². The lowest BCUT2D eigenvalue weighted by molar-refractivity contribution is 0.417. The summed E-state index contributed by atoms with van der Waals surface area (Å²) < 4.78 is 31.3. The number of nitrogens with one attached hydrogen (secondary N) is 2.